The van der Waals surface area contributed by atoms with E-state index in [-0.39, 0.29) is 30.6 Å². The normalized spacial score (nSPS) is 15.7. The molecule has 0 saturated carbocycles. The van der Waals surface area contributed by atoms with Crippen LogP contribution in [0.25, 0.3) is 0 Å². The fourth-order valence-electron chi connectivity index (χ4n) is 3.12. The lowest BCUT2D eigenvalue weighted by Gasteiger charge is -2.24. The van der Waals surface area contributed by atoms with Gasteiger partial charge in [-0.05, 0) is 36.1 Å². The van der Waals surface area contributed by atoms with Crippen molar-refractivity contribution in [2.75, 3.05) is 10.6 Å². The lowest BCUT2D eigenvalue weighted by Crippen LogP contribution is -2.30. The third-order valence-electron chi connectivity index (χ3n) is 4.47. The second-order valence-corrected chi connectivity index (χ2v) is 6.36. The highest BCUT2D eigenvalue weighted by Gasteiger charge is 2.26. The molecule has 0 aromatic heterocycles. The lowest BCUT2D eigenvalue weighted by molar-refractivity contribution is -0.136. The minimum atomic E-state index is -0.954. The highest BCUT2D eigenvalue weighted by Crippen LogP contribution is 2.27. The number of rotatable bonds is 6. The highest BCUT2D eigenvalue weighted by molar-refractivity contribution is 5.97. The predicted molar refractivity (Wildman–Crippen MR) is 97.9 cm³/mol. The topological polar surface area (TPSA) is 95.5 Å². The number of nitrogens with one attached hydrogen (secondary N) is 2. The number of carboxylic acids is 1. The molecule has 1 heterocycles. The molecule has 1 atom stereocenters. The fraction of sp³-hybridized carbons (Fsp3) is 0.250. The van der Waals surface area contributed by atoms with E-state index in [4.69, 9.17) is 5.11 Å². The Kier molecular flexibility index (Phi) is 5.31. The third-order valence-corrected chi connectivity index (χ3v) is 4.47. The summed E-state index contributed by atoms with van der Waals surface area (Å²) in [7, 11) is 0. The molecular weight excluding hydrogens is 332 g/mol. The highest BCUT2D eigenvalue weighted by atomic mass is 16.4. The first-order valence-corrected chi connectivity index (χ1v) is 8.51. The fourth-order valence-corrected chi connectivity index (χ4v) is 3.12. The van der Waals surface area contributed by atoms with Crippen LogP contribution in [0.15, 0.2) is 48.5 Å². The summed E-state index contributed by atoms with van der Waals surface area (Å²) in [5.41, 5.74) is 2.96. The first kappa shape index (κ1) is 17.7. The Labute approximate surface area is 151 Å². The molecule has 3 rings (SSSR count). The molecule has 0 aliphatic carbocycles. The van der Waals surface area contributed by atoms with E-state index in [0.29, 0.717) is 24.1 Å². The Balaban J connectivity index is 1.58. The van der Waals surface area contributed by atoms with Crippen LogP contribution < -0.4 is 10.6 Å². The molecular formula is C20H20N2O4. The summed E-state index contributed by atoms with van der Waals surface area (Å²) in [5, 5.41) is 14.6. The Bertz CT molecular complexity index is 847. The molecule has 2 amide bonds. The maximum absolute atomic E-state index is 12.3. The first-order valence-electron chi connectivity index (χ1n) is 8.51. The molecule has 26 heavy (non-hydrogen) atoms. The van der Waals surface area contributed by atoms with Gasteiger partial charge in [-0.2, -0.15) is 0 Å². The van der Waals surface area contributed by atoms with Crippen molar-refractivity contribution in [3.63, 3.8) is 0 Å². The van der Waals surface area contributed by atoms with Crippen LogP contribution >= 0.6 is 0 Å². The van der Waals surface area contributed by atoms with Crippen molar-refractivity contribution in [1.29, 1.82) is 0 Å². The van der Waals surface area contributed by atoms with Crippen LogP contribution in [-0.2, 0) is 27.2 Å². The van der Waals surface area contributed by atoms with Gasteiger partial charge >= 0.3 is 5.97 Å². The summed E-state index contributed by atoms with van der Waals surface area (Å²) in [6, 6.07) is 14.5. The maximum Gasteiger partial charge on any atom is 0.307 e. The van der Waals surface area contributed by atoms with Crippen molar-refractivity contribution in [3.05, 3.63) is 59.7 Å². The van der Waals surface area contributed by atoms with E-state index < -0.39 is 5.97 Å². The van der Waals surface area contributed by atoms with Gasteiger partial charge in [-0.1, -0.05) is 36.4 Å². The van der Waals surface area contributed by atoms with Gasteiger partial charge in [-0.25, -0.2) is 0 Å². The van der Waals surface area contributed by atoms with Crippen LogP contribution in [-0.4, -0.2) is 22.9 Å². The molecule has 6 heteroatoms. The molecule has 2 aromatic rings. The number of hydrogen-bond acceptors (Lipinski definition) is 3. The van der Waals surface area contributed by atoms with E-state index in [9.17, 15) is 14.4 Å². The van der Waals surface area contributed by atoms with Crippen molar-refractivity contribution >= 4 is 29.2 Å². The van der Waals surface area contributed by atoms with Gasteiger partial charge < -0.3 is 15.7 Å². The van der Waals surface area contributed by atoms with Crippen molar-refractivity contribution in [2.45, 2.75) is 25.7 Å². The largest absolute Gasteiger partial charge is 0.481 e. The van der Waals surface area contributed by atoms with Crippen LogP contribution in [0.4, 0.5) is 11.4 Å². The van der Waals surface area contributed by atoms with Crippen LogP contribution in [0, 0.1) is 5.92 Å². The van der Waals surface area contributed by atoms with Crippen molar-refractivity contribution in [3.8, 4) is 0 Å². The number of fused-ring (bicyclic) bond motifs is 1. The second-order valence-electron chi connectivity index (χ2n) is 6.36. The molecule has 0 fully saturated rings. The quantitative estimate of drug-likeness (QED) is 0.745. The van der Waals surface area contributed by atoms with Gasteiger partial charge in [0.25, 0.3) is 0 Å². The molecule has 0 saturated heterocycles. The third kappa shape index (κ3) is 4.27. The number of aliphatic carboxylic acids is 1. The number of carboxylic acid groups (broad SMARTS) is 1. The number of amides is 2. The molecule has 1 aliphatic heterocycles. The monoisotopic (exact) mass is 352 g/mol. The molecule has 1 aliphatic rings. The molecule has 3 N–H and O–H groups in total. The smallest absolute Gasteiger partial charge is 0.307 e. The Hall–Kier alpha value is -3.15. The summed E-state index contributed by atoms with van der Waals surface area (Å²) in [6.07, 6.45) is 1.10. The minimum Gasteiger partial charge on any atom is -0.481 e. The summed E-state index contributed by atoms with van der Waals surface area (Å²) in [6.45, 7) is 0. The standard InChI is InChI=1S/C20H20N2O4/c23-18(21-16-7-3-2-6-14(16)12-19(24)25)10-9-15-11-13-5-1-4-8-17(13)22-20(15)26/h1-8,15H,9-12H2,(H,21,23)(H,22,26)(H,24,25). The van der Waals surface area contributed by atoms with Gasteiger partial charge in [0, 0.05) is 23.7 Å². The number of carbonyl (C=O) groups is 3. The van der Waals surface area contributed by atoms with Crippen molar-refractivity contribution < 1.29 is 19.5 Å². The number of benzene rings is 2. The van der Waals surface area contributed by atoms with Crippen molar-refractivity contribution in [1.82, 2.24) is 0 Å². The van der Waals surface area contributed by atoms with Crippen LogP contribution in [0.5, 0.6) is 0 Å². The second kappa shape index (κ2) is 7.82. The summed E-state index contributed by atoms with van der Waals surface area (Å²) < 4.78 is 0. The molecule has 0 bridgehead atoms. The van der Waals surface area contributed by atoms with E-state index in [1.54, 1.807) is 24.3 Å². The van der Waals surface area contributed by atoms with Gasteiger partial charge in [0.2, 0.25) is 11.8 Å². The zero-order chi connectivity index (χ0) is 18.5. The Morgan fingerprint density at radius 3 is 2.65 bits per heavy atom. The molecule has 0 radical (unpaired) electrons. The van der Waals surface area contributed by atoms with Crippen LogP contribution in [0.3, 0.4) is 0 Å². The molecule has 1 unspecified atom stereocenters. The average Bonchev–Trinajstić information content (AvgIpc) is 2.61. The van der Waals surface area contributed by atoms with E-state index in [1.165, 1.54) is 0 Å². The zero-order valence-corrected chi connectivity index (χ0v) is 14.2. The lowest BCUT2D eigenvalue weighted by atomic mass is 9.89. The molecule has 134 valence electrons. The van der Waals surface area contributed by atoms with Crippen LogP contribution in [0.1, 0.15) is 24.0 Å². The molecule has 0 spiro atoms. The minimum absolute atomic E-state index is 0.0669. The number of para-hydroxylation sites is 2. The molecule has 6 nitrogen and oxygen atoms in total. The predicted octanol–water partition coefficient (Wildman–Crippen LogP) is 2.84. The zero-order valence-electron chi connectivity index (χ0n) is 14.2. The molecule has 2 aromatic carbocycles. The van der Waals surface area contributed by atoms with E-state index in [1.807, 2.05) is 24.3 Å². The average molecular weight is 352 g/mol. The Morgan fingerprint density at radius 2 is 1.85 bits per heavy atom. The van der Waals surface area contributed by atoms with Gasteiger partial charge in [-0.15, -0.1) is 0 Å². The van der Waals surface area contributed by atoms with Gasteiger partial charge in [0.15, 0.2) is 0 Å². The van der Waals surface area contributed by atoms with Crippen LogP contribution in [0.2, 0.25) is 0 Å². The van der Waals surface area contributed by atoms with Gasteiger partial charge in [0.05, 0.1) is 6.42 Å². The number of hydrogen-bond donors (Lipinski definition) is 3. The van der Waals surface area contributed by atoms with E-state index >= 15 is 0 Å². The van der Waals surface area contributed by atoms with Crippen molar-refractivity contribution in [2.24, 2.45) is 5.92 Å². The number of anilines is 2. The first-order chi connectivity index (χ1) is 12.5. The van der Waals surface area contributed by atoms with E-state index in [2.05, 4.69) is 10.6 Å². The van der Waals surface area contributed by atoms with Gasteiger partial charge in [0.1, 0.15) is 0 Å². The SMILES string of the molecule is O=C(O)Cc1ccccc1NC(=O)CCC1Cc2ccccc2NC1=O. The van der Waals surface area contributed by atoms with E-state index in [0.717, 1.165) is 11.3 Å². The van der Waals surface area contributed by atoms with Gasteiger partial charge in [-0.3, -0.25) is 14.4 Å². The summed E-state index contributed by atoms with van der Waals surface area (Å²) in [4.78, 5) is 35.4. The summed E-state index contributed by atoms with van der Waals surface area (Å²) in [5.74, 6) is -1.49. The Morgan fingerprint density at radius 1 is 1.12 bits per heavy atom. The number of carbonyl (C=O) groups excluding carboxylic acids is 2. The summed E-state index contributed by atoms with van der Waals surface area (Å²) >= 11 is 0. The maximum atomic E-state index is 12.3.